The lowest BCUT2D eigenvalue weighted by molar-refractivity contribution is 0.670. The molecule has 10 aromatic rings. The Hall–Kier alpha value is -6.64. The minimum atomic E-state index is 0.905. The molecular weight excluding hydrogens is 607 g/mol. The highest BCUT2D eigenvalue weighted by Crippen LogP contribution is 2.42. The Morgan fingerprint density at radius 1 is 0.320 bits per heavy atom. The molecule has 0 bridgehead atoms. The lowest BCUT2D eigenvalue weighted by atomic mass is 9.96. The van der Waals surface area contributed by atoms with E-state index >= 15 is 0 Å². The van der Waals surface area contributed by atoms with Crippen LogP contribution in [0.2, 0.25) is 0 Å². The molecule has 0 unspecified atom stereocenters. The number of fused-ring (bicyclic) bond motifs is 8. The van der Waals surface area contributed by atoms with E-state index in [0.717, 1.165) is 50.1 Å². The molecule has 1 heterocycles. The maximum Gasteiger partial charge on any atom is 0.143 e. The van der Waals surface area contributed by atoms with Crippen molar-refractivity contribution in [3.8, 4) is 22.3 Å². The molecule has 1 aromatic heterocycles. The van der Waals surface area contributed by atoms with Crippen molar-refractivity contribution in [3.05, 3.63) is 188 Å². The van der Waals surface area contributed by atoms with Crippen LogP contribution >= 0.6 is 0 Å². The molecule has 0 aliphatic heterocycles. The highest BCUT2D eigenvalue weighted by molar-refractivity contribution is 6.18. The fraction of sp³-hybridized carbons (Fsp3) is 0. The van der Waals surface area contributed by atoms with E-state index in [1.54, 1.807) is 0 Å². The van der Waals surface area contributed by atoms with Crippen molar-refractivity contribution in [3.63, 3.8) is 0 Å². The van der Waals surface area contributed by atoms with Crippen LogP contribution < -0.4 is 4.90 Å². The zero-order valence-electron chi connectivity index (χ0n) is 27.3. The van der Waals surface area contributed by atoms with Gasteiger partial charge < -0.3 is 9.32 Å². The van der Waals surface area contributed by atoms with E-state index < -0.39 is 0 Å². The molecule has 2 nitrogen and oxygen atoms in total. The maximum absolute atomic E-state index is 6.47. The molecule has 0 radical (unpaired) electrons. The van der Waals surface area contributed by atoms with Gasteiger partial charge >= 0.3 is 0 Å². The first-order valence-electron chi connectivity index (χ1n) is 17.1. The summed E-state index contributed by atoms with van der Waals surface area (Å²) < 4.78 is 6.47. The highest BCUT2D eigenvalue weighted by atomic mass is 16.3. The summed E-state index contributed by atoms with van der Waals surface area (Å²) in [6.45, 7) is 0. The van der Waals surface area contributed by atoms with Gasteiger partial charge in [0, 0.05) is 33.4 Å². The summed E-state index contributed by atoms with van der Waals surface area (Å²) >= 11 is 0. The third kappa shape index (κ3) is 4.65. The summed E-state index contributed by atoms with van der Waals surface area (Å²) in [5.74, 6) is 0. The van der Waals surface area contributed by atoms with Gasteiger partial charge in [0.15, 0.2) is 0 Å². The van der Waals surface area contributed by atoms with Crippen LogP contribution in [0.1, 0.15) is 0 Å². The Morgan fingerprint density at radius 3 is 1.78 bits per heavy atom. The normalized spacial score (nSPS) is 11.6. The Morgan fingerprint density at radius 2 is 0.920 bits per heavy atom. The minimum absolute atomic E-state index is 0.905. The first-order chi connectivity index (χ1) is 24.8. The van der Waals surface area contributed by atoms with Crippen molar-refractivity contribution in [2.45, 2.75) is 0 Å². The largest absolute Gasteiger partial charge is 0.455 e. The van der Waals surface area contributed by atoms with Gasteiger partial charge in [-0.2, -0.15) is 0 Å². The average molecular weight is 638 g/mol. The van der Waals surface area contributed by atoms with E-state index in [9.17, 15) is 0 Å². The van der Waals surface area contributed by atoms with E-state index in [2.05, 4.69) is 181 Å². The second-order valence-corrected chi connectivity index (χ2v) is 12.9. The number of benzene rings is 9. The van der Waals surface area contributed by atoms with Crippen molar-refractivity contribution < 1.29 is 4.42 Å². The van der Waals surface area contributed by atoms with Gasteiger partial charge in [0.2, 0.25) is 0 Å². The minimum Gasteiger partial charge on any atom is -0.455 e. The van der Waals surface area contributed by atoms with Gasteiger partial charge in [-0.3, -0.25) is 0 Å². The number of hydrogen-bond donors (Lipinski definition) is 0. The first-order valence-corrected chi connectivity index (χ1v) is 17.1. The van der Waals surface area contributed by atoms with Gasteiger partial charge in [0.1, 0.15) is 11.2 Å². The lowest BCUT2D eigenvalue weighted by Crippen LogP contribution is -2.10. The molecule has 0 amide bonds. The van der Waals surface area contributed by atoms with Crippen LogP contribution in [0.15, 0.2) is 192 Å². The van der Waals surface area contributed by atoms with Gasteiger partial charge in [-0.1, -0.05) is 146 Å². The maximum atomic E-state index is 6.47. The fourth-order valence-corrected chi connectivity index (χ4v) is 7.61. The zero-order chi connectivity index (χ0) is 33.0. The number of hydrogen-bond acceptors (Lipinski definition) is 2. The Balaban J connectivity index is 1.17. The number of para-hydroxylation sites is 2. The van der Waals surface area contributed by atoms with Crippen LogP contribution in [0.3, 0.4) is 0 Å². The third-order valence-electron chi connectivity index (χ3n) is 10.0. The quantitative estimate of drug-likeness (QED) is 0.175. The molecule has 2 heteroatoms. The van der Waals surface area contributed by atoms with Crippen LogP contribution in [0.5, 0.6) is 0 Å². The van der Waals surface area contributed by atoms with E-state index in [4.69, 9.17) is 4.42 Å². The van der Waals surface area contributed by atoms with Gasteiger partial charge in [0.05, 0.1) is 0 Å². The van der Waals surface area contributed by atoms with Crippen molar-refractivity contribution in [1.82, 2.24) is 0 Å². The molecule has 10 rings (SSSR count). The van der Waals surface area contributed by atoms with Crippen LogP contribution in [0.4, 0.5) is 17.1 Å². The summed E-state index contributed by atoms with van der Waals surface area (Å²) in [5.41, 5.74) is 9.67. The third-order valence-corrected chi connectivity index (χ3v) is 10.0. The van der Waals surface area contributed by atoms with Gasteiger partial charge in [-0.25, -0.2) is 0 Å². The Bertz CT molecular complexity index is 2870. The highest BCUT2D eigenvalue weighted by Gasteiger charge is 2.17. The SMILES string of the molecule is c1ccc(-c2ccc(N(c3cccc(-c4cccc5c4oc4ccccc45)c3)c3ccc4ccc5c6ccccc6ccc5c4c3)cc2)cc1. The van der Waals surface area contributed by atoms with Crippen molar-refractivity contribution >= 4 is 71.3 Å². The van der Waals surface area contributed by atoms with E-state index in [-0.39, 0.29) is 0 Å². The molecule has 9 aromatic carbocycles. The molecule has 0 N–H and O–H groups in total. The molecule has 0 spiro atoms. The summed E-state index contributed by atoms with van der Waals surface area (Å²) in [4.78, 5) is 2.37. The predicted molar refractivity (Wildman–Crippen MR) is 212 cm³/mol. The van der Waals surface area contributed by atoms with Crippen molar-refractivity contribution in [1.29, 1.82) is 0 Å². The van der Waals surface area contributed by atoms with Crippen LogP contribution in [-0.2, 0) is 0 Å². The number of rotatable bonds is 5. The van der Waals surface area contributed by atoms with Gasteiger partial charge in [-0.05, 0) is 91.5 Å². The second kappa shape index (κ2) is 11.5. The number of anilines is 3. The molecule has 234 valence electrons. The fourth-order valence-electron chi connectivity index (χ4n) is 7.61. The molecule has 0 saturated heterocycles. The summed E-state index contributed by atoms with van der Waals surface area (Å²) in [6, 6.07) is 67.5. The monoisotopic (exact) mass is 637 g/mol. The zero-order valence-corrected chi connectivity index (χ0v) is 27.3. The molecule has 50 heavy (non-hydrogen) atoms. The Kier molecular flexibility index (Phi) is 6.53. The Labute approximate surface area is 290 Å². The van der Waals surface area contributed by atoms with Gasteiger partial charge in [0.25, 0.3) is 0 Å². The molecular formula is C48H31NO. The topological polar surface area (TPSA) is 16.4 Å². The summed E-state index contributed by atoms with van der Waals surface area (Å²) in [7, 11) is 0. The number of nitrogens with zero attached hydrogens (tertiary/aromatic N) is 1. The molecule has 0 atom stereocenters. The van der Waals surface area contributed by atoms with E-state index in [1.165, 1.54) is 43.4 Å². The average Bonchev–Trinajstić information content (AvgIpc) is 3.57. The van der Waals surface area contributed by atoms with E-state index in [1.807, 2.05) is 12.1 Å². The first kappa shape index (κ1) is 28.4. The second-order valence-electron chi connectivity index (χ2n) is 12.9. The molecule has 0 aliphatic carbocycles. The molecule has 0 aliphatic rings. The molecule has 0 fully saturated rings. The van der Waals surface area contributed by atoms with Crippen molar-refractivity contribution in [2.75, 3.05) is 4.90 Å². The summed E-state index contributed by atoms with van der Waals surface area (Å²) in [6.07, 6.45) is 0. The summed E-state index contributed by atoms with van der Waals surface area (Å²) in [5, 5.41) is 9.79. The van der Waals surface area contributed by atoms with E-state index in [0.29, 0.717) is 0 Å². The molecule has 0 saturated carbocycles. The predicted octanol–water partition coefficient (Wildman–Crippen LogP) is 13.8. The standard InChI is InChI=1S/C48H31NO/c1-2-10-32(11-3-1)33-20-25-37(26-21-33)49(39-27-22-35-24-28-42-40-15-5-4-12-34(40)23-29-43(42)46(35)31-39)38-14-8-13-36(30-38)41-17-9-18-45-44-16-6-7-19-47(44)50-48(41)45/h1-31H. The van der Waals surface area contributed by atoms with Crippen LogP contribution in [0.25, 0.3) is 76.5 Å². The van der Waals surface area contributed by atoms with Crippen LogP contribution in [-0.4, -0.2) is 0 Å². The lowest BCUT2D eigenvalue weighted by Gasteiger charge is -2.27. The van der Waals surface area contributed by atoms with Gasteiger partial charge in [-0.15, -0.1) is 0 Å². The number of furan rings is 1. The smallest absolute Gasteiger partial charge is 0.143 e. The van der Waals surface area contributed by atoms with Crippen molar-refractivity contribution in [2.24, 2.45) is 0 Å². The van der Waals surface area contributed by atoms with Crippen LogP contribution in [0, 0.1) is 0 Å².